The third kappa shape index (κ3) is 3.48. The maximum absolute atomic E-state index is 11.5. The Morgan fingerprint density at radius 1 is 1.50 bits per heavy atom. The molecule has 1 aromatic rings. The molecule has 0 aliphatic carbocycles. The van der Waals surface area contributed by atoms with Gasteiger partial charge >= 0.3 is 0 Å². The number of carbonyl (C=O) groups excluding carboxylic acids is 1. The van der Waals surface area contributed by atoms with E-state index < -0.39 is 5.41 Å². The number of carbonyl (C=O) groups is 1. The number of anilines is 1. The minimum Gasteiger partial charge on any atom is -0.369 e. The van der Waals surface area contributed by atoms with Crippen LogP contribution < -0.4 is 10.6 Å². The van der Waals surface area contributed by atoms with Crippen LogP contribution in [0.2, 0.25) is 0 Å². The minimum atomic E-state index is -0.455. The molecule has 0 spiro atoms. The molecule has 0 aliphatic rings. The topological polar surface area (TPSA) is 54.0 Å². The lowest BCUT2D eigenvalue weighted by Gasteiger charge is -2.23. The Morgan fingerprint density at radius 2 is 2.19 bits per heavy atom. The van der Waals surface area contributed by atoms with Gasteiger partial charge in [-0.15, -0.1) is 0 Å². The van der Waals surface area contributed by atoms with E-state index >= 15 is 0 Å². The first-order chi connectivity index (χ1) is 7.45. The van der Waals surface area contributed by atoms with Crippen molar-refractivity contribution >= 4 is 27.7 Å². The maximum atomic E-state index is 11.5. The number of halogens is 1. The van der Waals surface area contributed by atoms with Crippen LogP contribution in [0.5, 0.6) is 0 Å². The van der Waals surface area contributed by atoms with Crippen LogP contribution in [0.3, 0.4) is 0 Å². The van der Waals surface area contributed by atoms with Gasteiger partial charge in [0, 0.05) is 24.3 Å². The normalized spacial score (nSPS) is 11.0. The Morgan fingerprint density at radius 3 is 2.69 bits per heavy atom. The largest absolute Gasteiger partial charge is 0.369 e. The number of hydrogen-bond donors (Lipinski definition) is 2. The van der Waals surface area contributed by atoms with Gasteiger partial charge in [-0.3, -0.25) is 4.79 Å². The van der Waals surface area contributed by atoms with Crippen LogP contribution >= 0.6 is 15.9 Å². The van der Waals surface area contributed by atoms with Crippen molar-refractivity contribution < 1.29 is 4.79 Å². The predicted molar refractivity (Wildman–Crippen MR) is 68.3 cm³/mol. The van der Waals surface area contributed by atoms with E-state index in [-0.39, 0.29) is 5.91 Å². The van der Waals surface area contributed by atoms with Crippen LogP contribution in [0.1, 0.15) is 13.8 Å². The van der Waals surface area contributed by atoms with Crippen molar-refractivity contribution in [1.82, 2.24) is 10.3 Å². The van der Waals surface area contributed by atoms with Gasteiger partial charge in [0.15, 0.2) is 0 Å². The number of amides is 1. The fourth-order valence-electron chi connectivity index (χ4n) is 1.21. The summed E-state index contributed by atoms with van der Waals surface area (Å²) < 4.78 is 0.934. The lowest BCUT2D eigenvalue weighted by molar-refractivity contribution is -0.128. The summed E-state index contributed by atoms with van der Waals surface area (Å²) in [5, 5.41) is 5.78. The molecule has 0 bridgehead atoms. The summed E-state index contributed by atoms with van der Waals surface area (Å²) >= 11 is 3.32. The molecule has 0 aliphatic heterocycles. The molecule has 4 nitrogen and oxygen atoms in total. The molecule has 5 heteroatoms. The third-order valence-corrected chi connectivity index (χ3v) is 2.75. The molecule has 0 radical (unpaired) electrons. The first-order valence-corrected chi connectivity index (χ1v) is 5.82. The molecule has 16 heavy (non-hydrogen) atoms. The van der Waals surface area contributed by atoms with Gasteiger partial charge in [0.25, 0.3) is 0 Å². The highest BCUT2D eigenvalue weighted by atomic mass is 79.9. The van der Waals surface area contributed by atoms with Crippen LogP contribution in [0, 0.1) is 5.41 Å². The second-order valence-electron chi connectivity index (χ2n) is 4.18. The van der Waals surface area contributed by atoms with Crippen molar-refractivity contribution in [3.05, 3.63) is 22.8 Å². The number of rotatable bonds is 4. The first-order valence-electron chi connectivity index (χ1n) is 5.03. The van der Waals surface area contributed by atoms with E-state index in [0.717, 1.165) is 10.3 Å². The van der Waals surface area contributed by atoms with E-state index in [9.17, 15) is 4.79 Å². The van der Waals surface area contributed by atoms with Gasteiger partial charge in [-0.25, -0.2) is 4.98 Å². The van der Waals surface area contributed by atoms with Crippen LogP contribution in [-0.4, -0.2) is 24.5 Å². The Balaban J connectivity index is 2.57. The van der Waals surface area contributed by atoms with Gasteiger partial charge < -0.3 is 10.6 Å². The number of nitrogens with one attached hydrogen (secondary N) is 2. The molecule has 0 saturated heterocycles. The molecular formula is C11H16BrN3O. The monoisotopic (exact) mass is 285 g/mol. The fourth-order valence-corrected chi connectivity index (χ4v) is 1.45. The average molecular weight is 286 g/mol. The second-order valence-corrected chi connectivity index (χ2v) is 5.09. The van der Waals surface area contributed by atoms with Gasteiger partial charge in [0.05, 0.1) is 5.41 Å². The van der Waals surface area contributed by atoms with E-state index in [0.29, 0.717) is 6.54 Å². The molecule has 0 unspecified atom stereocenters. The van der Waals surface area contributed by atoms with Crippen molar-refractivity contribution in [3.8, 4) is 0 Å². The number of aromatic nitrogens is 1. The highest BCUT2D eigenvalue weighted by Gasteiger charge is 2.26. The molecule has 1 aromatic heterocycles. The first kappa shape index (κ1) is 13.0. The number of hydrogen-bond acceptors (Lipinski definition) is 3. The van der Waals surface area contributed by atoms with Gasteiger partial charge in [0.2, 0.25) is 5.91 Å². The number of pyridine rings is 1. The van der Waals surface area contributed by atoms with E-state index in [1.54, 1.807) is 13.2 Å². The summed E-state index contributed by atoms with van der Waals surface area (Å²) in [6.45, 7) is 4.32. The number of nitrogens with zero attached hydrogens (tertiary/aromatic N) is 1. The summed E-state index contributed by atoms with van der Waals surface area (Å²) in [5.41, 5.74) is -0.455. The molecule has 1 rings (SSSR count). The van der Waals surface area contributed by atoms with Crippen molar-refractivity contribution in [2.45, 2.75) is 13.8 Å². The Labute approximate surface area is 104 Å². The molecular weight excluding hydrogens is 270 g/mol. The summed E-state index contributed by atoms with van der Waals surface area (Å²) in [6.07, 6.45) is 1.72. The van der Waals surface area contributed by atoms with Crippen LogP contribution in [0.4, 0.5) is 5.82 Å². The van der Waals surface area contributed by atoms with Crippen molar-refractivity contribution in [1.29, 1.82) is 0 Å². The Hall–Kier alpha value is -1.10. The third-order valence-electron chi connectivity index (χ3n) is 2.28. The van der Waals surface area contributed by atoms with Gasteiger partial charge in [-0.1, -0.05) is 0 Å². The van der Waals surface area contributed by atoms with E-state index in [4.69, 9.17) is 0 Å². The quantitative estimate of drug-likeness (QED) is 0.890. The van der Waals surface area contributed by atoms with Crippen molar-refractivity contribution in [3.63, 3.8) is 0 Å². The lowest BCUT2D eigenvalue weighted by atomic mass is 9.92. The minimum absolute atomic E-state index is 0.0112. The molecule has 1 heterocycles. The highest BCUT2D eigenvalue weighted by molar-refractivity contribution is 9.10. The van der Waals surface area contributed by atoms with Gasteiger partial charge in [0.1, 0.15) is 5.82 Å². The summed E-state index contributed by atoms with van der Waals surface area (Å²) in [4.78, 5) is 15.7. The standard InChI is InChI=1S/C11H16BrN3O/c1-11(2,10(16)13-3)7-15-9-5-4-8(12)6-14-9/h4-6H,7H2,1-3H3,(H,13,16)(H,14,15). The van der Waals surface area contributed by atoms with Crippen LogP contribution in [0.25, 0.3) is 0 Å². The lowest BCUT2D eigenvalue weighted by Crippen LogP contribution is -2.39. The Kier molecular flexibility index (Phi) is 4.29. The average Bonchev–Trinajstić information content (AvgIpc) is 2.27. The zero-order valence-electron chi connectivity index (χ0n) is 9.67. The van der Waals surface area contributed by atoms with Gasteiger partial charge in [-0.2, -0.15) is 0 Å². The molecule has 0 aromatic carbocycles. The highest BCUT2D eigenvalue weighted by Crippen LogP contribution is 2.17. The van der Waals surface area contributed by atoms with E-state index in [1.165, 1.54) is 0 Å². The second kappa shape index (κ2) is 5.30. The molecule has 0 atom stereocenters. The van der Waals surface area contributed by atoms with Crippen LogP contribution in [-0.2, 0) is 4.79 Å². The fraction of sp³-hybridized carbons (Fsp3) is 0.455. The van der Waals surface area contributed by atoms with Crippen LogP contribution in [0.15, 0.2) is 22.8 Å². The molecule has 2 N–H and O–H groups in total. The smallest absolute Gasteiger partial charge is 0.227 e. The zero-order valence-corrected chi connectivity index (χ0v) is 11.3. The summed E-state index contributed by atoms with van der Waals surface area (Å²) in [6, 6.07) is 3.77. The maximum Gasteiger partial charge on any atom is 0.227 e. The molecule has 1 amide bonds. The van der Waals surface area contributed by atoms with E-state index in [1.807, 2.05) is 26.0 Å². The SMILES string of the molecule is CNC(=O)C(C)(C)CNc1ccc(Br)cn1. The molecule has 0 fully saturated rings. The summed E-state index contributed by atoms with van der Waals surface area (Å²) in [7, 11) is 1.64. The zero-order chi connectivity index (χ0) is 12.2. The van der Waals surface area contributed by atoms with Crippen molar-refractivity contribution in [2.75, 3.05) is 18.9 Å². The predicted octanol–water partition coefficient (Wildman–Crippen LogP) is 2.03. The Bertz CT molecular complexity index is 362. The van der Waals surface area contributed by atoms with Crippen molar-refractivity contribution in [2.24, 2.45) is 5.41 Å². The van der Waals surface area contributed by atoms with E-state index in [2.05, 4.69) is 31.5 Å². The summed E-state index contributed by atoms with van der Waals surface area (Å²) in [5.74, 6) is 0.775. The molecule has 0 saturated carbocycles. The van der Waals surface area contributed by atoms with Gasteiger partial charge in [-0.05, 0) is 41.9 Å². The molecule has 88 valence electrons.